The normalized spacial score (nSPS) is 17.8. The van der Waals surface area contributed by atoms with Crippen molar-refractivity contribution in [3.8, 4) is 5.75 Å². The molecule has 2 aromatic carbocycles. The number of methoxy groups -OCH3 is 1. The molecule has 3 heterocycles. The first-order valence-corrected chi connectivity index (χ1v) is 11.4. The molecule has 2 atom stereocenters. The molecule has 0 radical (unpaired) electrons. The molecule has 33 heavy (non-hydrogen) atoms. The van der Waals surface area contributed by atoms with Crippen LogP contribution in [0.4, 0.5) is 0 Å². The first kappa shape index (κ1) is 21.3. The summed E-state index contributed by atoms with van der Waals surface area (Å²) in [4.78, 5) is 18.7. The topological polar surface area (TPSA) is 88.9 Å². The molecule has 170 valence electrons. The Kier molecular flexibility index (Phi) is 5.92. The number of tetrazole rings is 1. The largest absolute Gasteiger partial charge is 0.497 e. The van der Waals surface area contributed by atoms with Crippen LogP contribution in [0.3, 0.4) is 0 Å². The van der Waals surface area contributed by atoms with E-state index in [4.69, 9.17) is 4.74 Å². The number of nitrogens with one attached hydrogen (secondary N) is 1. The second-order valence-corrected chi connectivity index (χ2v) is 8.83. The maximum atomic E-state index is 13.3. The van der Waals surface area contributed by atoms with Gasteiger partial charge in [0, 0.05) is 23.0 Å². The maximum Gasteiger partial charge on any atom is 0.253 e. The van der Waals surface area contributed by atoms with Gasteiger partial charge in [0.15, 0.2) is 5.82 Å². The lowest BCUT2D eigenvalue weighted by atomic mass is 9.95. The van der Waals surface area contributed by atoms with Crippen LogP contribution in [0.1, 0.15) is 42.8 Å². The summed E-state index contributed by atoms with van der Waals surface area (Å²) in [5.41, 5.74) is 2.41. The Balaban J connectivity index is 1.63. The van der Waals surface area contributed by atoms with Crippen molar-refractivity contribution >= 4 is 10.9 Å². The molecule has 2 aromatic heterocycles. The second-order valence-electron chi connectivity index (χ2n) is 8.83. The Labute approximate surface area is 192 Å². The van der Waals surface area contributed by atoms with E-state index in [9.17, 15) is 4.79 Å². The number of ether oxygens (including phenoxy) is 1. The van der Waals surface area contributed by atoms with Crippen molar-refractivity contribution in [3.63, 3.8) is 0 Å². The van der Waals surface area contributed by atoms with Gasteiger partial charge in [0.2, 0.25) is 0 Å². The van der Waals surface area contributed by atoms with Gasteiger partial charge in [-0.2, -0.15) is 0 Å². The third-order valence-corrected chi connectivity index (χ3v) is 6.41. The average molecular weight is 445 g/mol. The minimum atomic E-state index is -0.342. The fraction of sp³-hybridized carbons (Fsp3) is 0.360. The van der Waals surface area contributed by atoms with Crippen LogP contribution in [-0.4, -0.2) is 50.3 Å². The highest BCUT2D eigenvalue weighted by Crippen LogP contribution is 2.31. The number of H-pyrrole nitrogens is 1. The van der Waals surface area contributed by atoms with E-state index in [1.54, 1.807) is 7.11 Å². The average Bonchev–Trinajstić information content (AvgIpc) is 3.27. The number of rotatable bonds is 6. The van der Waals surface area contributed by atoms with Crippen LogP contribution < -0.4 is 10.3 Å². The Morgan fingerprint density at radius 2 is 2.03 bits per heavy atom. The van der Waals surface area contributed by atoms with Gasteiger partial charge < -0.3 is 9.72 Å². The molecule has 0 aliphatic carbocycles. The number of aromatic amines is 1. The molecule has 0 bridgehead atoms. The minimum absolute atomic E-state index is 0.120. The zero-order chi connectivity index (χ0) is 22.8. The van der Waals surface area contributed by atoms with Crippen molar-refractivity contribution in [2.24, 2.45) is 5.92 Å². The fourth-order valence-corrected chi connectivity index (χ4v) is 4.77. The summed E-state index contributed by atoms with van der Waals surface area (Å²) in [6, 6.07) is 17.4. The van der Waals surface area contributed by atoms with E-state index in [1.165, 1.54) is 6.42 Å². The van der Waals surface area contributed by atoms with Crippen LogP contribution in [0, 0.1) is 5.92 Å². The van der Waals surface area contributed by atoms with E-state index in [-0.39, 0.29) is 11.6 Å². The van der Waals surface area contributed by atoms with E-state index in [2.05, 4.69) is 44.5 Å². The van der Waals surface area contributed by atoms with Gasteiger partial charge in [0.25, 0.3) is 5.56 Å². The lowest BCUT2D eigenvalue weighted by Crippen LogP contribution is -2.41. The SMILES string of the molecule is COc1ccc2[nH]c(=O)c([C@@H](c3nnnn3Cc3ccccc3)N3CCC[C@@H](C)C3)cc2c1. The van der Waals surface area contributed by atoms with Crippen LogP contribution in [-0.2, 0) is 6.54 Å². The van der Waals surface area contributed by atoms with Crippen LogP contribution >= 0.6 is 0 Å². The monoisotopic (exact) mass is 444 g/mol. The molecule has 1 N–H and O–H groups in total. The van der Waals surface area contributed by atoms with Gasteiger partial charge in [-0.1, -0.05) is 37.3 Å². The first-order chi connectivity index (χ1) is 16.1. The number of nitrogens with zero attached hydrogens (tertiary/aromatic N) is 5. The van der Waals surface area contributed by atoms with Gasteiger partial charge in [-0.25, -0.2) is 4.68 Å². The summed E-state index contributed by atoms with van der Waals surface area (Å²) in [6.07, 6.45) is 2.26. The summed E-state index contributed by atoms with van der Waals surface area (Å²) in [6.45, 7) is 4.58. The molecule has 1 saturated heterocycles. The van der Waals surface area contributed by atoms with E-state index < -0.39 is 0 Å². The number of fused-ring (bicyclic) bond motifs is 1. The summed E-state index contributed by atoms with van der Waals surface area (Å²) >= 11 is 0. The third-order valence-electron chi connectivity index (χ3n) is 6.41. The molecule has 0 unspecified atom stereocenters. The summed E-state index contributed by atoms with van der Waals surface area (Å²) < 4.78 is 7.22. The molecule has 1 fully saturated rings. The van der Waals surface area contributed by atoms with Crippen molar-refractivity contribution in [2.75, 3.05) is 20.2 Å². The van der Waals surface area contributed by atoms with Crippen molar-refractivity contribution in [1.29, 1.82) is 0 Å². The third kappa shape index (κ3) is 4.39. The Morgan fingerprint density at radius 3 is 2.82 bits per heavy atom. The van der Waals surface area contributed by atoms with Gasteiger partial charge in [0.05, 0.1) is 13.7 Å². The van der Waals surface area contributed by atoms with Crippen molar-refractivity contribution in [3.05, 3.63) is 81.9 Å². The van der Waals surface area contributed by atoms with E-state index in [1.807, 2.05) is 47.1 Å². The Morgan fingerprint density at radius 1 is 1.18 bits per heavy atom. The van der Waals surface area contributed by atoms with Gasteiger partial charge >= 0.3 is 0 Å². The minimum Gasteiger partial charge on any atom is -0.497 e. The molecule has 0 spiro atoms. The molecular weight excluding hydrogens is 416 g/mol. The molecule has 1 aliphatic heterocycles. The predicted octanol–water partition coefficient (Wildman–Crippen LogP) is 3.39. The number of likely N-dealkylation sites (tertiary alicyclic amines) is 1. The highest BCUT2D eigenvalue weighted by Gasteiger charge is 2.32. The second kappa shape index (κ2) is 9.15. The molecular formula is C25H28N6O2. The first-order valence-electron chi connectivity index (χ1n) is 11.4. The van der Waals surface area contributed by atoms with Gasteiger partial charge in [-0.3, -0.25) is 9.69 Å². The quantitative estimate of drug-likeness (QED) is 0.490. The van der Waals surface area contributed by atoms with E-state index in [0.717, 1.165) is 41.7 Å². The summed E-state index contributed by atoms with van der Waals surface area (Å²) in [5.74, 6) is 1.97. The highest BCUT2D eigenvalue weighted by molar-refractivity contribution is 5.80. The number of benzene rings is 2. The highest BCUT2D eigenvalue weighted by atomic mass is 16.5. The van der Waals surface area contributed by atoms with E-state index >= 15 is 0 Å². The fourth-order valence-electron chi connectivity index (χ4n) is 4.77. The number of aromatic nitrogens is 5. The van der Waals surface area contributed by atoms with Crippen molar-refractivity contribution in [2.45, 2.75) is 32.4 Å². The van der Waals surface area contributed by atoms with Crippen molar-refractivity contribution in [1.82, 2.24) is 30.1 Å². The number of piperidine rings is 1. The molecule has 4 aromatic rings. The summed E-state index contributed by atoms with van der Waals surface area (Å²) in [7, 11) is 1.64. The van der Waals surface area contributed by atoms with Crippen LogP contribution in [0.2, 0.25) is 0 Å². The number of hydrogen-bond donors (Lipinski definition) is 1. The maximum absolute atomic E-state index is 13.3. The molecule has 1 aliphatic rings. The molecule has 8 nitrogen and oxygen atoms in total. The van der Waals surface area contributed by atoms with Crippen molar-refractivity contribution < 1.29 is 4.74 Å². The van der Waals surface area contributed by atoms with Gasteiger partial charge in [-0.15, -0.1) is 5.10 Å². The molecule has 5 rings (SSSR count). The van der Waals surface area contributed by atoms with Crippen LogP contribution in [0.15, 0.2) is 59.4 Å². The van der Waals surface area contributed by atoms with Crippen LogP contribution in [0.5, 0.6) is 5.75 Å². The zero-order valence-corrected chi connectivity index (χ0v) is 18.9. The lowest BCUT2D eigenvalue weighted by Gasteiger charge is -2.36. The predicted molar refractivity (Wildman–Crippen MR) is 126 cm³/mol. The van der Waals surface area contributed by atoms with Gasteiger partial charge in [-0.05, 0) is 65.6 Å². The molecule has 0 saturated carbocycles. The number of hydrogen-bond acceptors (Lipinski definition) is 6. The molecule has 0 amide bonds. The standard InChI is InChI=1S/C25H28N6O2/c1-17-7-6-12-30(15-17)23(24-27-28-29-31(24)16-18-8-4-3-5-9-18)21-14-19-13-20(33-2)10-11-22(19)26-25(21)32/h3-5,8-11,13-14,17,23H,6-7,12,15-16H2,1-2H3,(H,26,32)/t17-,23+/m1/s1. The number of pyridine rings is 1. The van der Waals surface area contributed by atoms with Crippen LogP contribution in [0.25, 0.3) is 10.9 Å². The van der Waals surface area contributed by atoms with E-state index in [0.29, 0.717) is 23.9 Å². The summed E-state index contributed by atoms with van der Waals surface area (Å²) in [5, 5.41) is 13.6. The Bertz CT molecular complexity index is 1300. The zero-order valence-electron chi connectivity index (χ0n) is 18.9. The van der Waals surface area contributed by atoms with Gasteiger partial charge in [0.1, 0.15) is 11.8 Å². The lowest BCUT2D eigenvalue weighted by molar-refractivity contribution is 0.141. The Hall–Kier alpha value is -3.52. The molecule has 8 heteroatoms. The smallest absolute Gasteiger partial charge is 0.253 e.